The minimum atomic E-state index is 0. The summed E-state index contributed by atoms with van der Waals surface area (Å²) in [5.41, 5.74) is 0. The smallest absolute Gasteiger partial charge is 0.566 e. The maximum absolute atomic E-state index is 8.60. The van der Waals surface area contributed by atoms with Crippen molar-refractivity contribution in [1.29, 1.82) is 0 Å². The van der Waals surface area contributed by atoms with Crippen molar-refractivity contribution in [3.8, 4) is 5.75 Å². The van der Waals surface area contributed by atoms with Crippen molar-refractivity contribution in [1.82, 2.24) is 0 Å². The number of rotatable bonds is 0. The topological polar surface area (TPSA) is 20.2 Å². The summed E-state index contributed by atoms with van der Waals surface area (Å²) >= 11 is 0. The van der Waals surface area contributed by atoms with Crippen molar-refractivity contribution in [2.45, 2.75) is 0 Å². The monoisotopic (exact) mass is 116 g/mol. The van der Waals surface area contributed by atoms with E-state index in [2.05, 4.69) is 6.07 Å². The van der Waals surface area contributed by atoms with Crippen LogP contribution in [0.5, 0.6) is 5.75 Å². The fourth-order valence-corrected chi connectivity index (χ4v) is 0.384. The van der Waals surface area contributed by atoms with Crippen LogP contribution in [0.4, 0.5) is 0 Å². The third kappa shape index (κ3) is 2.36. The summed E-state index contributed by atoms with van der Waals surface area (Å²) in [6.07, 6.45) is 0. The van der Waals surface area contributed by atoms with Gasteiger partial charge in [-0.2, -0.15) is 18.2 Å². The van der Waals surface area contributed by atoms with E-state index in [0.717, 1.165) is 0 Å². The summed E-state index contributed by atoms with van der Waals surface area (Å²) in [7, 11) is 0. The third-order valence-corrected chi connectivity index (χ3v) is 0.691. The van der Waals surface area contributed by atoms with E-state index in [4.69, 9.17) is 5.11 Å². The number of hydrogen-bond acceptors (Lipinski definition) is 1. The van der Waals surface area contributed by atoms with E-state index in [1.165, 1.54) is 6.07 Å². The maximum atomic E-state index is 8.60. The first-order valence-electron chi connectivity index (χ1n) is 2.04. The summed E-state index contributed by atoms with van der Waals surface area (Å²) < 4.78 is 0. The van der Waals surface area contributed by atoms with Gasteiger partial charge in [0.15, 0.2) is 0 Å². The number of phenols is 1. The molecule has 0 amide bonds. The Kier molecular flexibility index (Phi) is 3.97. The van der Waals surface area contributed by atoms with E-state index < -0.39 is 0 Å². The zero-order valence-corrected chi connectivity index (χ0v) is 6.76. The van der Waals surface area contributed by atoms with Gasteiger partial charge in [0.2, 0.25) is 0 Å². The standard InChI is InChI=1S/C6H5O.Na/c7-6-4-2-1-3-5-6;/h1-2,4-5,7H;/q-1;+1. The zero-order valence-electron chi connectivity index (χ0n) is 4.76. The van der Waals surface area contributed by atoms with Crippen LogP contribution in [0.1, 0.15) is 0 Å². The average molecular weight is 116 g/mol. The van der Waals surface area contributed by atoms with E-state index in [0.29, 0.717) is 0 Å². The maximum Gasteiger partial charge on any atom is 1.00 e. The summed E-state index contributed by atoms with van der Waals surface area (Å²) in [6.45, 7) is 0. The normalized spacial score (nSPS) is 7.50. The van der Waals surface area contributed by atoms with Crippen molar-refractivity contribution in [3.05, 3.63) is 30.3 Å². The van der Waals surface area contributed by atoms with Crippen LogP contribution in [-0.4, -0.2) is 5.11 Å². The molecule has 1 rings (SSSR count). The van der Waals surface area contributed by atoms with Crippen LogP contribution in [0.15, 0.2) is 24.3 Å². The molecule has 2 heteroatoms. The van der Waals surface area contributed by atoms with Gasteiger partial charge < -0.3 is 5.11 Å². The molecular formula is C6H5NaO. The minimum absolute atomic E-state index is 0. The Bertz CT molecular complexity index is 138. The second kappa shape index (κ2) is 3.96. The van der Waals surface area contributed by atoms with Crippen LogP contribution < -0.4 is 29.6 Å². The second-order valence-corrected chi connectivity index (χ2v) is 1.26. The van der Waals surface area contributed by atoms with Gasteiger partial charge in [-0.15, -0.1) is 12.1 Å². The molecule has 0 aliphatic rings. The summed E-state index contributed by atoms with van der Waals surface area (Å²) in [5.74, 6) is 0.266. The second-order valence-electron chi connectivity index (χ2n) is 1.26. The summed E-state index contributed by atoms with van der Waals surface area (Å²) in [6, 6.07) is 9.30. The molecule has 0 aliphatic heterocycles. The van der Waals surface area contributed by atoms with Gasteiger partial charge in [0.1, 0.15) is 0 Å². The summed E-state index contributed by atoms with van der Waals surface area (Å²) in [4.78, 5) is 0. The molecule has 0 bridgehead atoms. The molecule has 0 radical (unpaired) electrons. The van der Waals surface area contributed by atoms with Gasteiger partial charge in [0.25, 0.3) is 0 Å². The average Bonchev–Trinajstić information content (AvgIpc) is 1.69. The molecule has 0 aromatic heterocycles. The van der Waals surface area contributed by atoms with Crippen LogP contribution in [0, 0.1) is 6.07 Å². The van der Waals surface area contributed by atoms with Crippen molar-refractivity contribution < 1.29 is 34.7 Å². The number of hydrogen-bond donors (Lipinski definition) is 1. The van der Waals surface area contributed by atoms with Gasteiger partial charge in [0, 0.05) is 5.75 Å². The quantitative estimate of drug-likeness (QED) is 0.313. The van der Waals surface area contributed by atoms with Gasteiger partial charge in [0.05, 0.1) is 0 Å². The zero-order chi connectivity index (χ0) is 5.11. The van der Waals surface area contributed by atoms with Crippen molar-refractivity contribution in [3.63, 3.8) is 0 Å². The minimum Gasteiger partial charge on any atom is -0.566 e. The Hall–Kier alpha value is 0.0200. The van der Waals surface area contributed by atoms with Crippen molar-refractivity contribution in [2.75, 3.05) is 0 Å². The fraction of sp³-hybridized carbons (Fsp3) is 0. The molecule has 0 unspecified atom stereocenters. The molecule has 8 heavy (non-hydrogen) atoms. The fourth-order valence-electron chi connectivity index (χ4n) is 0.384. The molecule has 0 atom stereocenters. The Labute approximate surface area is 70.6 Å². The molecule has 1 nitrogen and oxygen atoms in total. The van der Waals surface area contributed by atoms with Gasteiger partial charge in [-0.05, 0) is 0 Å². The molecule has 0 aliphatic carbocycles. The van der Waals surface area contributed by atoms with E-state index >= 15 is 0 Å². The van der Waals surface area contributed by atoms with E-state index in [-0.39, 0.29) is 35.3 Å². The molecule has 1 aromatic rings. The number of benzene rings is 1. The predicted octanol–water partition coefficient (Wildman–Crippen LogP) is -1.80. The molecule has 1 aromatic carbocycles. The van der Waals surface area contributed by atoms with Crippen molar-refractivity contribution in [2.24, 2.45) is 0 Å². The van der Waals surface area contributed by atoms with Crippen LogP contribution in [0.3, 0.4) is 0 Å². The Balaban J connectivity index is 0.000000490. The molecule has 36 valence electrons. The van der Waals surface area contributed by atoms with Crippen molar-refractivity contribution >= 4 is 0 Å². The number of phenolic OH excluding ortho intramolecular Hbond substituents is 1. The number of aromatic hydroxyl groups is 1. The molecule has 0 heterocycles. The molecule has 1 N–H and O–H groups in total. The van der Waals surface area contributed by atoms with Gasteiger partial charge in [-0.3, -0.25) is 0 Å². The molecule has 0 fully saturated rings. The van der Waals surface area contributed by atoms with Crippen LogP contribution >= 0.6 is 0 Å². The first-order chi connectivity index (χ1) is 3.39. The van der Waals surface area contributed by atoms with Crippen LogP contribution in [0.25, 0.3) is 0 Å². The Morgan fingerprint density at radius 2 is 2.25 bits per heavy atom. The predicted molar refractivity (Wildman–Crippen MR) is 26.9 cm³/mol. The summed E-state index contributed by atoms with van der Waals surface area (Å²) in [5, 5.41) is 8.60. The van der Waals surface area contributed by atoms with Crippen LogP contribution in [-0.2, 0) is 0 Å². The molecule has 0 spiro atoms. The largest absolute Gasteiger partial charge is 1.00 e. The Morgan fingerprint density at radius 3 is 2.50 bits per heavy atom. The first-order valence-corrected chi connectivity index (χ1v) is 2.04. The van der Waals surface area contributed by atoms with E-state index in [1.54, 1.807) is 18.2 Å². The van der Waals surface area contributed by atoms with Gasteiger partial charge >= 0.3 is 29.6 Å². The molecule has 0 saturated carbocycles. The Morgan fingerprint density at radius 1 is 1.50 bits per heavy atom. The third-order valence-electron chi connectivity index (χ3n) is 0.691. The molecule has 0 saturated heterocycles. The molecular weight excluding hydrogens is 111 g/mol. The SMILES string of the molecule is Oc1c[c-]ccc1.[Na+]. The first kappa shape index (κ1) is 8.02. The van der Waals surface area contributed by atoms with Crippen LogP contribution in [0.2, 0.25) is 0 Å². The van der Waals surface area contributed by atoms with E-state index in [1.807, 2.05) is 0 Å². The van der Waals surface area contributed by atoms with E-state index in [9.17, 15) is 0 Å². The van der Waals surface area contributed by atoms with Gasteiger partial charge in [-0.1, -0.05) is 0 Å². The van der Waals surface area contributed by atoms with Gasteiger partial charge in [-0.25, -0.2) is 0 Å².